The second-order valence-electron chi connectivity index (χ2n) is 6.21. The molecule has 1 aromatic rings. The number of carboxylic acid groups (broad SMARTS) is 1. The Balaban J connectivity index is 2.06. The highest BCUT2D eigenvalue weighted by molar-refractivity contribution is 7.93. The standard InChI is InChI=1S/C16H21NO5S/c1-11(14(18)19)10-12-4-6-13(7-5-12)17-15(20)16(8-3-9-16)23(2,21)22/h4-7,11H,3,8-10H2,1-2H3,(H,17,20)(H,18,19). The SMILES string of the molecule is CC(Cc1ccc(NC(=O)C2(S(C)(=O)=O)CCC2)cc1)C(=O)O. The quantitative estimate of drug-likeness (QED) is 0.824. The lowest BCUT2D eigenvalue weighted by molar-refractivity contribution is -0.141. The zero-order valence-electron chi connectivity index (χ0n) is 13.2. The van der Waals surface area contributed by atoms with Crippen molar-refractivity contribution < 1.29 is 23.1 Å². The van der Waals surface area contributed by atoms with Gasteiger partial charge in [0.1, 0.15) is 0 Å². The predicted octanol–water partition coefficient (Wildman–Crippen LogP) is 1.86. The number of amides is 1. The molecule has 1 saturated carbocycles. The first kappa shape index (κ1) is 17.5. The molecule has 0 radical (unpaired) electrons. The van der Waals surface area contributed by atoms with Gasteiger partial charge in [-0.2, -0.15) is 0 Å². The molecule has 1 amide bonds. The Morgan fingerprint density at radius 2 is 1.83 bits per heavy atom. The van der Waals surface area contributed by atoms with E-state index in [1.165, 1.54) is 0 Å². The van der Waals surface area contributed by atoms with Crippen molar-refractivity contribution in [3.05, 3.63) is 29.8 Å². The lowest BCUT2D eigenvalue weighted by atomic mass is 9.83. The van der Waals surface area contributed by atoms with Gasteiger partial charge in [-0.15, -0.1) is 0 Å². The van der Waals surface area contributed by atoms with E-state index in [0.717, 1.165) is 18.2 Å². The first-order valence-corrected chi connectivity index (χ1v) is 9.38. The highest BCUT2D eigenvalue weighted by atomic mass is 32.2. The second-order valence-corrected chi connectivity index (χ2v) is 8.54. The molecule has 1 aliphatic carbocycles. The van der Waals surface area contributed by atoms with Gasteiger partial charge in [-0.3, -0.25) is 9.59 Å². The minimum Gasteiger partial charge on any atom is -0.481 e. The van der Waals surface area contributed by atoms with Gasteiger partial charge in [0.25, 0.3) is 0 Å². The zero-order chi connectivity index (χ0) is 17.3. The van der Waals surface area contributed by atoms with E-state index in [1.54, 1.807) is 31.2 Å². The van der Waals surface area contributed by atoms with Crippen molar-refractivity contribution >= 4 is 27.4 Å². The molecule has 1 aromatic carbocycles. The molecular weight excluding hydrogens is 318 g/mol. The normalized spacial score (nSPS) is 17.8. The smallest absolute Gasteiger partial charge is 0.306 e. The molecule has 1 atom stereocenters. The van der Waals surface area contributed by atoms with Gasteiger partial charge in [0.05, 0.1) is 5.92 Å². The summed E-state index contributed by atoms with van der Waals surface area (Å²) in [6, 6.07) is 6.80. The Bertz CT molecular complexity index is 704. The molecule has 0 saturated heterocycles. The van der Waals surface area contributed by atoms with Gasteiger partial charge < -0.3 is 10.4 Å². The largest absolute Gasteiger partial charge is 0.481 e. The highest BCUT2D eigenvalue weighted by Gasteiger charge is 2.52. The molecule has 1 aliphatic rings. The third kappa shape index (κ3) is 3.55. The first-order valence-electron chi connectivity index (χ1n) is 7.48. The summed E-state index contributed by atoms with van der Waals surface area (Å²) in [5, 5.41) is 11.6. The number of benzene rings is 1. The maximum Gasteiger partial charge on any atom is 0.306 e. The summed E-state index contributed by atoms with van der Waals surface area (Å²) in [6.07, 6.45) is 2.93. The van der Waals surface area contributed by atoms with Crippen molar-refractivity contribution in [1.82, 2.24) is 0 Å². The van der Waals surface area contributed by atoms with Gasteiger partial charge in [-0.05, 0) is 43.4 Å². The summed E-state index contributed by atoms with van der Waals surface area (Å²) in [6.45, 7) is 1.63. The van der Waals surface area contributed by atoms with Crippen LogP contribution in [0, 0.1) is 5.92 Å². The van der Waals surface area contributed by atoms with Crippen LogP contribution < -0.4 is 5.32 Å². The third-order valence-electron chi connectivity index (χ3n) is 4.46. The maximum absolute atomic E-state index is 12.3. The van der Waals surface area contributed by atoms with E-state index in [0.29, 0.717) is 24.9 Å². The molecule has 7 heteroatoms. The summed E-state index contributed by atoms with van der Waals surface area (Å²) in [4.78, 5) is 23.2. The van der Waals surface area contributed by atoms with Crippen LogP contribution in [0.25, 0.3) is 0 Å². The third-order valence-corrected chi connectivity index (χ3v) is 6.47. The summed E-state index contributed by atoms with van der Waals surface area (Å²) >= 11 is 0. The van der Waals surface area contributed by atoms with E-state index in [2.05, 4.69) is 5.32 Å². The monoisotopic (exact) mass is 339 g/mol. The van der Waals surface area contributed by atoms with Crippen LogP contribution in [0.15, 0.2) is 24.3 Å². The summed E-state index contributed by atoms with van der Waals surface area (Å²) in [5.41, 5.74) is 1.36. The van der Waals surface area contributed by atoms with Crippen LogP contribution in [-0.4, -0.2) is 36.4 Å². The number of aliphatic carboxylic acids is 1. The molecular formula is C16H21NO5S. The first-order chi connectivity index (χ1) is 10.7. The molecule has 0 aliphatic heterocycles. The number of sulfone groups is 1. The van der Waals surface area contributed by atoms with Crippen molar-refractivity contribution in [2.45, 2.75) is 37.4 Å². The minimum atomic E-state index is -3.46. The van der Waals surface area contributed by atoms with Crippen molar-refractivity contribution in [3.8, 4) is 0 Å². The summed E-state index contributed by atoms with van der Waals surface area (Å²) < 4.78 is 22.5. The van der Waals surface area contributed by atoms with Gasteiger partial charge in [0, 0.05) is 11.9 Å². The van der Waals surface area contributed by atoms with E-state index in [-0.39, 0.29) is 0 Å². The average molecular weight is 339 g/mol. The van der Waals surface area contributed by atoms with Crippen molar-refractivity contribution in [2.24, 2.45) is 5.92 Å². The topological polar surface area (TPSA) is 101 Å². The Morgan fingerprint density at radius 1 is 1.26 bits per heavy atom. The number of carbonyl (C=O) groups excluding carboxylic acids is 1. The molecule has 126 valence electrons. The molecule has 0 spiro atoms. The fourth-order valence-electron chi connectivity index (χ4n) is 2.67. The van der Waals surface area contributed by atoms with Crippen LogP contribution in [0.5, 0.6) is 0 Å². The number of carboxylic acids is 1. The molecule has 2 rings (SSSR count). The number of anilines is 1. The molecule has 6 nitrogen and oxygen atoms in total. The highest BCUT2D eigenvalue weighted by Crippen LogP contribution is 2.40. The number of nitrogens with one attached hydrogen (secondary N) is 1. The summed E-state index contributed by atoms with van der Waals surface area (Å²) in [5.74, 6) is -1.83. The van der Waals surface area contributed by atoms with Gasteiger partial charge >= 0.3 is 5.97 Å². The van der Waals surface area contributed by atoms with E-state index in [4.69, 9.17) is 5.11 Å². The van der Waals surface area contributed by atoms with Crippen LogP contribution in [-0.2, 0) is 25.8 Å². The van der Waals surface area contributed by atoms with Crippen LogP contribution in [0.1, 0.15) is 31.7 Å². The Labute approximate surface area is 135 Å². The van der Waals surface area contributed by atoms with Crippen LogP contribution in [0.4, 0.5) is 5.69 Å². The van der Waals surface area contributed by atoms with Crippen LogP contribution in [0.2, 0.25) is 0 Å². The molecule has 1 unspecified atom stereocenters. The van der Waals surface area contributed by atoms with Crippen molar-refractivity contribution in [1.29, 1.82) is 0 Å². The minimum absolute atomic E-state index is 0.353. The Hall–Kier alpha value is -1.89. The van der Waals surface area contributed by atoms with Gasteiger partial charge in [0.2, 0.25) is 5.91 Å². The second kappa shape index (κ2) is 6.31. The number of carbonyl (C=O) groups is 2. The van der Waals surface area contributed by atoms with E-state index >= 15 is 0 Å². The Kier molecular flexibility index (Phi) is 4.79. The fraction of sp³-hybridized carbons (Fsp3) is 0.500. The lowest BCUT2D eigenvalue weighted by Gasteiger charge is -2.38. The number of rotatable bonds is 6. The van der Waals surface area contributed by atoms with Crippen molar-refractivity contribution in [3.63, 3.8) is 0 Å². The Morgan fingerprint density at radius 3 is 2.22 bits per heavy atom. The zero-order valence-corrected chi connectivity index (χ0v) is 14.0. The lowest BCUT2D eigenvalue weighted by Crippen LogP contribution is -2.54. The van der Waals surface area contributed by atoms with Crippen LogP contribution >= 0.6 is 0 Å². The fourth-order valence-corrected chi connectivity index (χ4v) is 4.09. The predicted molar refractivity (Wildman–Crippen MR) is 87.0 cm³/mol. The molecule has 0 aromatic heterocycles. The number of hydrogen-bond donors (Lipinski definition) is 2. The summed E-state index contributed by atoms with van der Waals surface area (Å²) in [7, 11) is -3.46. The van der Waals surface area contributed by atoms with E-state index < -0.39 is 32.4 Å². The molecule has 1 fully saturated rings. The van der Waals surface area contributed by atoms with E-state index in [9.17, 15) is 18.0 Å². The molecule has 0 bridgehead atoms. The van der Waals surface area contributed by atoms with Gasteiger partial charge in [-0.25, -0.2) is 8.42 Å². The molecule has 23 heavy (non-hydrogen) atoms. The van der Waals surface area contributed by atoms with E-state index in [1.807, 2.05) is 0 Å². The average Bonchev–Trinajstić information content (AvgIpc) is 2.37. The van der Waals surface area contributed by atoms with Gasteiger partial charge in [-0.1, -0.05) is 19.1 Å². The van der Waals surface area contributed by atoms with Gasteiger partial charge in [0.15, 0.2) is 14.6 Å². The molecule has 2 N–H and O–H groups in total. The number of hydrogen-bond acceptors (Lipinski definition) is 4. The van der Waals surface area contributed by atoms with Crippen molar-refractivity contribution in [2.75, 3.05) is 11.6 Å². The molecule has 0 heterocycles. The van der Waals surface area contributed by atoms with Crippen LogP contribution in [0.3, 0.4) is 0 Å². The maximum atomic E-state index is 12.3.